The van der Waals surface area contributed by atoms with Crippen LogP contribution in [0.2, 0.25) is 0 Å². The van der Waals surface area contributed by atoms with E-state index in [1.54, 1.807) is 12.1 Å². The van der Waals surface area contributed by atoms with Crippen LogP contribution < -0.4 is 0 Å². The lowest BCUT2D eigenvalue weighted by Crippen LogP contribution is -1.88. The molecule has 0 unspecified atom stereocenters. The molecular formula is C13H8F3NO. The van der Waals surface area contributed by atoms with Crippen molar-refractivity contribution >= 4 is 11.9 Å². The van der Waals surface area contributed by atoms with Crippen LogP contribution in [0.1, 0.15) is 5.56 Å². The molecule has 0 fully saturated rings. The van der Waals surface area contributed by atoms with Crippen LogP contribution in [0, 0.1) is 17.5 Å². The molecule has 0 heterocycles. The van der Waals surface area contributed by atoms with E-state index in [0.717, 1.165) is 6.21 Å². The molecule has 1 N–H and O–H groups in total. The van der Waals surface area contributed by atoms with E-state index < -0.39 is 23.1 Å². The predicted octanol–water partition coefficient (Wildman–Crippen LogP) is 3.56. The third-order valence-corrected chi connectivity index (χ3v) is 2.25. The Labute approximate surface area is 101 Å². The highest BCUT2D eigenvalue weighted by Gasteiger charge is 2.10. The third-order valence-electron chi connectivity index (χ3n) is 2.25. The van der Waals surface area contributed by atoms with Gasteiger partial charge in [-0.25, -0.2) is 18.2 Å². The normalized spacial score (nSPS) is 11.1. The standard InChI is InChI=1S/C13H8F3NO/c14-9-5-10(15)13(11(16)6-9)17-7-8-3-1-2-4-12(8)18/h1-7,18H. The Morgan fingerprint density at radius 2 is 1.61 bits per heavy atom. The number of aromatic hydroxyl groups is 1. The summed E-state index contributed by atoms with van der Waals surface area (Å²) < 4.78 is 39.2. The number of hydrogen-bond donors (Lipinski definition) is 1. The van der Waals surface area contributed by atoms with E-state index in [2.05, 4.69) is 4.99 Å². The maximum Gasteiger partial charge on any atom is 0.154 e. The van der Waals surface area contributed by atoms with Crippen molar-refractivity contribution in [2.75, 3.05) is 0 Å². The minimum atomic E-state index is -1.10. The molecule has 0 amide bonds. The van der Waals surface area contributed by atoms with Gasteiger partial charge in [0.2, 0.25) is 0 Å². The average Bonchev–Trinajstić information content (AvgIpc) is 2.30. The topological polar surface area (TPSA) is 32.6 Å². The molecule has 0 aromatic heterocycles. The van der Waals surface area contributed by atoms with Gasteiger partial charge in [0.25, 0.3) is 0 Å². The second-order valence-corrected chi connectivity index (χ2v) is 3.54. The number of hydrogen-bond acceptors (Lipinski definition) is 2. The van der Waals surface area contributed by atoms with Crippen LogP contribution in [0.4, 0.5) is 18.9 Å². The van der Waals surface area contributed by atoms with Crippen molar-refractivity contribution in [1.82, 2.24) is 0 Å². The monoisotopic (exact) mass is 251 g/mol. The number of benzene rings is 2. The van der Waals surface area contributed by atoms with Gasteiger partial charge in [0.1, 0.15) is 17.3 Å². The van der Waals surface area contributed by atoms with Crippen LogP contribution >= 0.6 is 0 Å². The Hall–Kier alpha value is -2.30. The minimum absolute atomic E-state index is 0.0656. The van der Waals surface area contributed by atoms with E-state index in [0.29, 0.717) is 17.7 Å². The van der Waals surface area contributed by atoms with Crippen LogP contribution in [0.15, 0.2) is 41.4 Å². The molecule has 5 heteroatoms. The third kappa shape index (κ3) is 2.51. The van der Waals surface area contributed by atoms with Crippen LogP contribution in [0.25, 0.3) is 0 Å². The lowest BCUT2D eigenvalue weighted by Gasteiger charge is -2.00. The summed E-state index contributed by atoms with van der Waals surface area (Å²) in [5.74, 6) is -3.27. The minimum Gasteiger partial charge on any atom is -0.507 e. The number of para-hydroxylation sites is 1. The van der Waals surface area contributed by atoms with Crippen LogP contribution in [0.5, 0.6) is 5.75 Å². The molecule has 18 heavy (non-hydrogen) atoms. The molecule has 2 rings (SSSR count). The van der Waals surface area contributed by atoms with Crippen molar-refractivity contribution < 1.29 is 18.3 Å². The predicted molar refractivity (Wildman–Crippen MR) is 61.7 cm³/mol. The number of aliphatic imine (C=N–C) groups is 1. The maximum absolute atomic E-state index is 13.3. The second-order valence-electron chi connectivity index (χ2n) is 3.54. The van der Waals surface area contributed by atoms with Crippen molar-refractivity contribution in [3.8, 4) is 5.75 Å². The Bertz CT molecular complexity index is 588. The number of phenolic OH excluding ortho intramolecular Hbond substituents is 1. The van der Waals surface area contributed by atoms with Gasteiger partial charge in [0, 0.05) is 23.9 Å². The van der Waals surface area contributed by atoms with Crippen molar-refractivity contribution in [3.05, 3.63) is 59.4 Å². The van der Waals surface area contributed by atoms with Crippen LogP contribution in [-0.4, -0.2) is 11.3 Å². The van der Waals surface area contributed by atoms with Gasteiger partial charge in [-0.15, -0.1) is 0 Å². The molecule has 0 saturated carbocycles. The fourth-order valence-corrected chi connectivity index (χ4v) is 1.39. The first-order valence-electron chi connectivity index (χ1n) is 5.04. The molecule has 0 aliphatic heterocycles. The quantitative estimate of drug-likeness (QED) is 0.813. The summed E-state index contributed by atoms with van der Waals surface area (Å²) in [5.41, 5.74) is -0.291. The van der Waals surface area contributed by atoms with Gasteiger partial charge < -0.3 is 5.11 Å². The molecule has 0 aliphatic rings. The zero-order valence-electron chi connectivity index (χ0n) is 9.07. The van der Waals surface area contributed by atoms with E-state index >= 15 is 0 Å². The lowest BCUT2D eigenvalue weighted by molar-refractivity contribution is 0.474. The van der Waals surface area contributed by atoms with Gasteiger partial charge in [0.05, 0.1) is 0 Å². The second kappa shape index (κ2) is 4.91. The number of phenols is 1. The summed E-state index contributed by atoms with van der Waals surface area (Å²) in [6.07, 6.45) is 1.11. The van der Waals surface area contributed by atoms with Gasteiger partial charge in [-0.2, -0.15) is 0 Å². The Morgan fingerprint density at radius 1 is 1.00 bits per heavy atom. The average molecular weight is 251 g/mol. The fourth-order valence-electron chi connectivity index (χ4n) is 1.39. The molecule has 0 bridgehead atoms. The smallest absolute Gasteiger partial charge is 0.154 e. The number of halogens is 3. The molecule has 0 aliphatic carbocycles. The van der Waals surface area contributed by atoms with E-state index in [1.165, 1.54) is 12.1 Å². The highest BCUT2D eigenvalue weighted by Crippen LogP contribution is 2.24. The molecule has 0 radical (unpaired) electrons. The maximum atomic E-state index is 13.3. The van der Waals surface area contributed by atoms with Crippen molar-refractivity contribution in [1.29, 1.82) is 0 Å². The summed E-state index contributed by atoms with van der Waals surface area (Å²) in [5, 5.41) is 9.43. The van der Waals surface area contributed by atoms with Crippen LogP contribution in [0.3, 0.4) is 0 Å². The molecule has 92 valence electrons. The van der Waals surface area contributed by atoms with E-state index in [4.69, 9.17) is 0 Å². The summed E-state index contributed by atoms with van der Waals surface area (Å²) >= 11 is 0. The molecule has 0 spiro atoms. The van der Waals surface area contributed by atoms with Crippen molar-refractivity contribution in [2.24, 2.45) is 4.99 Å². The summed E-state index contributed by atoms with van der Waals surface area (Å²) in [7, 11) is 0. The van der Waals surface area contributed by atoms with Gasteiger partial charge in [-0.3, -0.25) is 0 Å². The first kappa shape index (κ1) is 12.2. The summed E-state index contributed by atoms with van der Waals surface area (Å²) in [4.78, 5) is 3.58. The molecule has 0 saturated heterocycles. The zero-order valence-corrected chi connectivity index (χ0v) is 9.07. The van der Waals surface area contributed by atoms with Crippen molar-refractivity contribution in [3.63, 3.8) is 0 Å². The lowest BCUT2D eigenvalue weighted by atomic mass is 10.2. The highest BCUT2D eigenvalue weighted by atomic mass is 19.1. The van der Waals surface area contributed by atoms with Gasteiger partial charge in [0.15, 0.2) is 11.6 Å². The van der Waals surface area contributed by atoms with Crippen LogP contribution in [-0.2, 0) is 0 Å². The highest BCUT2D eigenvalue weighted by molar-refractivity contribution is 5.85. The first-order chi connectivity index (χ1) is 8.58. The SMILES string of the molecule is Oc1ccccc1C=Nc1c(F)cc(F)cc1F. The molecule has 2 nitrogen and oxygen atoms in total. The molecule has 0 atom stereocenters. The Kier molecular flexibility index (Phi) is 3.32. The fraction of sp³-hybridized carbons (Fsp3) is 0. The van der Waals surface area contributed by atoms with E-state index in [1.807, 2.05) is 0 Å². The summed E-state index contributed by atoms with van der Waals surface area (Å²) in [6, 6.07) is 7.27. The number of rotatable bonds is 2. The first-order valence-corrected chi connectivity index (χ1v) is 5.04. The van der Waals surface area contributed by atoms with E-state index in [9.17, 15) is 18.3 Å². The Morgan fingerprint density at radius 3 is 2.22 bits per heavy atom. The number of nitrogens with zero attached hydrogens (tertiary/aromatic N) is 1. The van der Waals surface area contributed by atoms with E-state index in [-0.39, 0.29) is 5.75 Å². The van der Waals surface area contributed by atoms with Gasteiger partial charge in [-0.1, -0.05) is 12.1 Å². The zero-order chi connectivity index (χ0) is 13.1. The molecular weight excluding hydrogens is 243 g/mol. The Balaban J connectivity index is 2.38. The summed E-state index contributed by atoms with van der Waals surface area (Å²) in [6.45, 7) is 0. The van der Waals surface area contributed by atoms with Crippen molar-refractivity contribution in [2.45, 2.75) is 0 Å². The van der Waals surface area contributed by atoms with Gasteiger partial charge in [-0.05, 0) is 12.1 Å². The van der Waals surface area contributed by atoms with Gasteiger partial charge >= 0.3 is 0 Å². The molecule has 2 aromatic rings. The largest absolute Gasteiger partial charge is 0.507 e. The molecule has 2 aromatic carbocycles.